The highest BCUT2D eigenvalue weighted by molar-refractivity contribution is 9.10. The van der Waals surface area contributed by atoms with Crippen LogP contribution in [0.3, 0.4) is 0 Å². The van der Waals surface area contributed by atoms with Gasteiger partial charge in [-0.25, -0.2) is 4.79 Å². The Hall–Kier alpha value is -2.20. The quantitative estimate of drug-likeness (QED) is 0.558. The number of rotatable bonds is 5. The van der Waals surface area contributed by atoms with E-state index in [0.717, 1.165) is 15.6 Å². The van der Waals surface area contributed by atoms with Crippen molar-refractivity contribution >= 4 is 27.7 Å². The first-order valence-corrected chi connectivity index (χ1v) is 8.56. The summed E-state index contributed by atoms with van der Waals surface area (Å²) < 4.78 is 6.29. The topological polar surface area (TPSA) is 43.4 Å². The fourth-order valence-corrected chi connectivity index (χ4v) is 3.24. The molecule has 2 aromatic carbocycles. The summed E-state index contributed by atoms with van der Waals surface area (Å²) in [6, 6.07) is 15.3. The van der Waals surface area contributed by atoms with Crippen molar-refractivity contribution in [1.82, 2.24) is 0 Å². The first-order chi connectivity index (χ1) is 11.5. The van der Waals surface area contributed by atoms with Gasteiger partial charge in [0.15, 0.2) is 5.78 Å². The van der Waals surface area contributed by atoms with Gasteiger partial charge in [0.2, 0.25) is 0 Å². The average molecular weight is 385 g/mol. The average Bonchev–Trinajstić information content (AvgIpc) is 2.99. The summed E-state index contributed by atoms with van der Waals surface area (Å²) >= 11 is 3.46. The number of cyclic esters (lactones) is 1. The van der Waals surface area contributed by atoms with Gasteiger partial charge in [-0.2, -0.15) is 0 Å². The van der Waals surface area contributed by atoms with Crippen molar-refractivity contribution in [3.05, 3.63) is 81.8 Å². The number of halogens is 1. The van der Waals surface area contributed by atoms with Gasteiger partial charge in [0.05, 0.1) is 0 Å². The van der Waals surface area contributed by atoms with Crippen molar-refractivity contribution in [2.24, 2.45) is 0 Å². The maximum atomic E-state index is 12.7. The Balaban J connectivity index is 1.87. The lowest BCUT2D eigenvalue weighted by molar-refractivity contribution is -0.139. The van der Waals surface area contributed by atoms with E-state index < -0.39 is 6.10 Å². The minimum absolute atomic E-state index is 0.0383. The van der Waals surface area contributed by atoms with Crippen LogP contribution in [0.4, 0.5) is 0 Å². The number of hydrogen-bond acceptors (Lipinski definition) is 3. The molecule has 122 valence electrons. The van der Waals surface area contributed by atoms with E-state index in [4.69, 9.17) is 4.74 Å². The molecule has 3 nitrogen and oxygen atoms in total. The molecule has 1 aliphatic heterocycles. The Morgan fingerprint density at radius 2 is 1.96 bits per heavy atom. The lowest BCUT2D eigenvalue weighted by Crippen LogP contribution is -2.22. The minimum Gasteiger partial charge on any atom is -0.454 e. The van der Waals surface area contributed by atoms with Crippen molar-refractivity contribution in [1.29, 1.82) is 0 Å². The number of ether oxygens (including phenoxy) is 1. The highest BCUT2D eigenvalue weighted by Crippen LogP contribution is 2.32. The van der Waals surface area contributed by atoms with Crippen LogP contribution < -0.4 is 0 Å². The van der Waals surface area contributed by atoms with Gasteiger partial charge in [-0.1, -0.05) is 57.9 Å². The third-order valence-corrected chi connectivity index (χ3v) is 4.62. The van der Waals surface area contributed by atoms with Crippen molar-refractivity contribution in [2.75, 3.05) is 0 Å². The van der Waals surface area contributed by atoms with Crippen molar-refractivity contribution in [3.63, 3.8) is 0 Å². The molecule has 0 saturated heterocycles. The fourth-order valence-electron chi connectivity index (χ4n) is 2.82. The second-order valence-electron chi connectivity index (χ2n) is 5.92. The Morgan fingerprint density at radius 3 is 2.58 bits per heavy atom. The Morgan fingerprint density at radius 1 is 1.21 bits per heavy atom. The number of aryl methyl sites for hydroxylation is 1. The van der Waals surface area contributed by atoms with Crippen LogP contribution in [0.15, 0.2) is 65.2 Å². The second-order valence-corrected chi connectivity index (χ2v) is 6.83. The summed E-state index contributed by atoms with van der Waals surface area (Å²) in [6.45, 7) is 1.99. The van der Waals surface area contributed by atoms with E-state index in [2.05, 4.69) is 15.9 Å². The lowest BCUT2D eigenvalue weighted by Gasteiger charge is -2.22. The molecule has 2 aromatic rings. The molecular weight excluding hydrogens is 368 g/mol. The van der Waals surface area contributed by atoms with Gasteiger partial charge < -0.3 is 4.74 Å². The molecule has 1 heterocycles. The number of ketones is 1. The Labute approximate surface area is 149 Å². The zero-order chi connectivity index (χ0) is 17.1. The van der Waals surface area contributed by atoms with Crippen molar-refractivity contribution < 1.29 is 14.3 Å². The molecule has 3 rings (SSSR count). The van der Waals surface area contributed by atoms with E-state index in [1.54, 1.807) is 6.08 Å². The van der Waals surface area contributed by atoms with Gasteiger partial charge in [-0.15, -0.1) is 0 Å². The summed E-state index contributed by atoms with van der Waals surface area (Å²) in [4.78, 5) is 24.1. The van der Waals surface area contributed by atoms with Crippen LogP contribution in [-0.2, 0) is 9.53 Å². The highest BCUT2D eigenvalue weighted by atomic mass is 79.9. The molecule has 0 bridgehead atoms. The van der Waals surface area contributed by atoms with Crippen LogP contribution in [0.5, 0.6) is 0 Å². The molecule has 0 unspecified atom stereocenters. The van der Waals surface area contributed by atoms with E-state index in [1.807, 2.05) is 55.5 Å². The number of hydrogen-bond donors (Lipinski definition) is 0. The second kappa shape index (κ2) is 7.14. The molecule has 0 saturated carbocycles. The molecule has 0 fully saturated rings. The van der Waals surface area contributed by atoms with Crippen LogP contribution in [0.25, 0.3) is 0 Å². The molecule has 4 heteroatoms. The van der Waals surface area contributed by atoms with Crippen LogP contribution in [0, 0.1) is 6.92 Å². The van der Waals surface area contributed by atoms with Crippen LogP contribution in [0.1, 0.15) is 33.8 Å². The largest absolute Gasteiger partial charge is 0.454 e. The molecular formula is C20H17BrO3. The Kier molecular flexibility index (Phi) is 4.95. The number of carbonyl (C=O) groups is 2. The van der Waals surface area contributed by atoms with Crippen LogP contribution in [-0.4, -0.2) is 17.9 Å². The van der Waals surface area contributed by atoms with Gasteiger partial charge in [0.25, 0.3) is 0 Å². The van der Waals surface area contributed by atoms with Gasteiger partial charge in [0, 0.05) is 28.5 Å². The fraction of sp³-hybridized carbons (Fsp3) is 0.200. The van der Waals surface area contributed by atoms with Crippen molar-refractivity contribution in [3.8, 4) is 0 Å². The molecule has 1 aliphatic rings. The zero-order valence-electron chi connectivity index (χ0n) is 13.2. The monoisotopic (exact) mass is 384 g/mol. The normalized spacial score (nSPS) is 17.6. The van der Waals surface area contributed by atoms with E-state index >= 15 is 0 Å². The summed E-state index contributed by atoms with van der Waals surface area (Å²) in [5.74, 6) is -0.530. The van der Waals surface area contributed by atoms with Crippen LogP contribution >= 0.6 is 15.9 Å². The summed E-state index contributed by atoms with van der Waals surface area (Å²) in [5, 5.41) is 0. The first-order valence-electron chi connectivity index (χ1n) is 7.77. The van der Waals surface area contributed by atoms with Crippen molar-refractivity contribution in [2.45, 2.75) is 25.4 Å². The summed E-state index contributed by atoms with van der Waals surface area (Å²) in [5.41, 5.74) is 2.76. The molecule has 0 spiro atoms. The number of Topliss-reactive ketones (excluding diaryl/α,β-unsaturated/α-hetero) is 1. The minimum atomic E-state index is -0.416. The molecule has 0 aliphatic carbocycles. The van der Waals surface area contributed by atoms with E-state index in [0.29, 0.717) is 5.56 Å². The molecule has 24 heavy (non-hydrogen) atoms. The number of benzene rings is 2. The maximum absolute atomic E-state index is 12.7. The highest BCUT2D eigenvalue weighted by Gasteiger charge is 2.30. The predicted molar refractivity (Wildman–Crippen MR) is 96.0 cm³/mol. The predicted octanol–water partition coefficient (Wildman–Crippen LogP) is 4.60. The zero-order valence-corrected chi connectivity index (χ0v) is 14.8. The molecule has 0 amide bonds. The van der Waals surface area contributed by atoms with Crippen LogP contribution in [0.2, 0.25) is 0 Å². The molecule has 0 N–H and O–H groups in total. The third-order valence-electron chi connectivity index (χ3n) is 4.13. The van der Waals surface area contributed by atoms with E-state index in [9.17, 15) is 9.59 Å². The molecule has 0 aromatic heterocycles. The van der Waals surface area contributed by atoms with E-state index in [-0.39, 0.29) is 24.1 Å². The number of esters is 1. The SMILES string of the molecule is Cc1ccc(C(=O)C[C@@H](c2cccc(Br)c2)[C@@H]2C=CC(=O)O2)cc1. The Bertz CT molecular complexity index is 793. The van der Waals surface area contributed by atoms with Gasteiger partial charge >= 0.3 is 5.97 Å². The maximum Gasteiger partial charge on any atom is 0.331 e. The van der Waals surface area contributed by atoms with Gasteiger partial charge in [0.1, 0.15) is 6.10 Å². The number of carbonyl (C=O) groups excluding carboxylic acids is 2. The standard InChI is InChI=1S/C20H17BrO3/c1-13-5-7-14(8-6-13)18(22)12-17(19-9-10-20(23)24-19)15-3-2-4-16(21)11-15/h2-11,17,19H,12H2,1H3/t17-,19-/m0/s1. The van der Waals surface area contributed by atoms with Gasteiger partial charge in [-0.3, -0.25) is 4.79 Å². The lowest BCUT2D eigenvalue weighted by atomic mass is 9.87. The molecule has 2 atom stereocenters. The molecule has 0 radical (unpaired) electrons. The smallest absolute Gasteiger partial charge is 0.331 e. The summed E-state index contributed by atoms with van der Waals surface area (Å²) in [6.07, 6.45) is 3.02. The van der Waals surface area contributed by atoms with E-state index in [1.165, 1.54) is 6.08 Å². The summed E-state index contributed by atoms with van der Waals surface area (Å²) in [7, 11) is 0. The first kappa shape index (κ1) is 16.7. The van der Waals surface area contributed by atoms with Gasteiger partial charge in [-0.05, 0) is 30.7 Å². The third kappa shape index (κ3) is 3.82.